The van der Waals surface area contributed by atoms with E-state index in [4.69, 9.17) is 9.15 Å². The molecule has 1 atom stereocenters. The lowest BCUT2D eigenvalue weighted by atomic mass is 9.87. The fourth-order valence-corrected chi connectivity index (χ4v) is 4.97. The summed E-state index contributed by atoms with van der Waals surface area (Å²) in [6.45, 7) is 2.17. The molecule has 4 aromatic rings. The normalized spacial score (nSPS) is 17.4. The zero-order valence-corrected chi connectivity index (χ0v) is 20.2. The third-order valence-corrected chi connectivity index (χ3v) is 6.97. The van der Waals surface area contributed by atoms with Gasteiger partial charge < -0.3 is 14.5 Å². The summed E-state index contributed by atoms with van der Waals surface area (Å²) in [7, 11) is 0. The van der Waals surface area contributed by atoms with E-state index in [2.05, 4.69) is 83.0 Å². The predicted octanol–water partition coefficient (Wildman–Crippen LogP) is 5.90. The van der Waals surface area contributed by atoms with Gasteiger partial charge in [0.15, 0.2) is 5.76 Å². The van der Waals surface area contributed by atoms with Crippen molar-refractivity contribution in [2.45, 2.75) is 44.5 Å². The first kappa shape index (κ1) is 22.6. The minimum Gasteiger partial charge on any atom is -0.486 e. The van der Waals surface area contributed by atoms with Gasteiger partial charge in [-0.1, -0.05) is 66.7 Å². The highest BCUT2D eigenvalue weighted by molar-refractivity contribution is 5.91. The van der Waals surface area contributed by atoms with Crippen LogP contribution >= 0.6 is 0 Å². The van der Waals surface area contributed by atoms with E-state index >= 15 is 0 Å². The number of ether oxygens (including phenoxy) is 1. The van der Waals surface area contributed by atoms with Gasteiger partial charge in [0.05, 0.1) is 6.04 Å². The van der Waals surface area contributed by atoms with Gasteiger partial charge in [0.2, 0.25) is 0 Å². The second kappa shape index (κ2) is 10.0. The summed E-state index contributed by atoms with van der Waals surface area (Å²) < 4.78 is 11.9. The molecule has 1 aliphatic heterocycles. The smallest absolute Gasteiger partial charge is 0.287 e. The maximum atomic E-state index is 12.2. The maximum Gasteiger partial charge on any atom is 0.287 e. The Morgan fingerprint density at radius 1 is 0.944 bits per heavy atom. The van der Waals surface area contributed by atoms with E-state index < -0.39 is 0 Å². The molecule has 1 aromatic heterocycles. The first-order chi connectivity index (χ1) is 17.7. The largest absolute Gasteiger partial charge is 0.486 e. The van der Waals surface area contributed by atoms with E-state index in [0.717, 1.165) is 38.1 Å². The number of carbonyl (C=O) groups excluding carboxylic acids is 1. The van der Waals surface area contributed by atoms with Crippen LogP contribution in [0.1, 0.15) is 57.5 Å². The fourth-order valence-electron chi connectivity index (χ4n) is 4.97. The number of furan rings is 1. The van der Waals surface area contributed by atoms with Crippen molar-refractivity contribution in [3.63, 3.8) is 0 Å². The molecule has 1 fully saturated rings. The zero-order chi connectivity index (χ0) is 24.3. The highest BCUT2D eigenvalue weighted by Gasteiger charge is 2.29. The van der Waals surface area contributed by atoms with E-state index in [1.54, 1.807) is 6.07 Å². The second-order valence-corrected chi connectivity index (χ2v) is 9.68. The van der Waals surface area contributed by atoms with E-state index in [0.29, 0.717) is 17.6 Å². The molecular formula is C31H30N2O3. The average molecular weight is 479 g/mol. The van der Waals surface area contributed by atoms with Crippen molar-refractivity contribution in [3.05, 3.63) is 125 Å². The molecule has 0 radical (unpaired) electrons. The topological polar surface area (TPSA) is 54.7 Å². The lowest BCUT2D eigenvalue weighted by Crippen LogP contribution is -2.35. The SMILES string of the molecule is O=C(NC1CC1)c1ccc(COc2ccc3c(c2)[C@@H](c2ccccc2)N(Cc2ccccc2)CC3)o1. The Balaban J connectivity index is 1.22. The standard InChI is InChI=1S/C31H30N2O3/c34-31(32-25-12-13-25)29-16-15-27(36-29)21-35-26-14-11-23-17-18-33(20-22-7-3-1-4-8-22)30(28(23)19-26)24-9-5-2-6-10-24/h1-11,14-16,19,25,30H,12-13,17-18,20-21H2,(H,32,34)/t30-/m1/s1. The Kier molecular flexibility index (Phi) is 6.31. The van der Waals surface area contributed by atoms with Crippen LogP contribution in [0, 0.1) is 0 Å². The molecule has 5 heteroatoms. The van der Waals surface area contributed by atoms with Crippen LogP contribution in [-0.4, -0.2) is 23.4 Å². The van der Waals surface area contributed by atoms with Crippen molar-refractivity contribution in [3.8, 4) is 5.75 Å². The summed E-state index contributed by atoms with van der Waals surface area (Å²) in [5.41, 5.74) is 5.24. The van der Waals surface area contributed by atoms with E-state index in [1.807, 2.05) is 12.1 Å². The quantitative estimate of drug-likeness (QED) is 0.343. The summed E-state index contributed by atoms with van der Waals surface area (Å²) in [4.78, 5) is 14.8. The predicted molar refractivity (Wildman–Crippen MR) is 139 cm³/mol. The molecule has 0 spiro atoms. The Morgan fingerprint density at radius 2 is 1.72 bits per heavy atom. The van der Waals surface area contributed by atoms with Crippen LogP contribution < -0.4 is 10.1 Å². The molecule has 2 heterocycles. The van der Waals surface area contributed by atoms with Crippen molar-refractivity contribution >= 4 is 5.91 Å². The molecule has 1 saturated carbocycles. The Bertz CT molecular complexity index is 1330. The molecule has 5 nitrogen and oxygen atoms in total. The number of rotatable bonds is 8. The van der Waals surface area contributed by atoms with Crippen molar-refractivity contribution in [1.29, 1.82) is 0 Å². The van der Waals surface area contributed by atoms with Crippen molar-refractivity contribution < 1.29 is 13.9 Å². The molecule has 1 N–H and O–H groups in total. The molecule has 36 heavy (non-hydrogen) atoms. The van der Waals surface area contributed by atoms with Gasteiger partial charge in [-0.2, -0.15) is 0 Å². The molecule has 3 aromatic carbocycles. The summed E-state index contributed by atoms with van der Waals surface area (Å²) in [6, 6.07) is 31.8. The third kappa shape index (κ3) is 5.07. The molecule has 1 amide bonds. The van der Waals surface area contributed by atoms with Crippen LogP contribution in [0.25, 0.3) is 0 Å². The molecule has 182 valence electrons. The summed E-state index contributed by atoms with van der Waals surface area (Å²) >= 11 is 0. The van der Waals surface area contributed by atoms with Gasteiger partial charge in [-0.05, 0) is 65.8 Å². The Hall–Kier alpha value is -3.83. The second-order valence-electron chi connectivity index (χ2n) is 9.68. The van der Waals surface area contributed by atoms with Gasteiger partial charge in [-0.25, -0.2) is 0 Å². The van der Waals surface area contributed by atoms with Crippen LogP contribution in [-0.2, 0) is 19.6 Å². The molecule has 0 unspecified atom stereocenters. The molecule has 0 saturated heterocycles. The number of carbonyl (C=O) groups is 1. The maximum absolute atomic E-state index is 12.2. The average Bonchev–Trinajstić information content (AvgIpc) is 3.60. The van der Waals surface area contributed by atoms with Gasteiger partial charge in [-0.15, -0.1) is 0 Å². The first-order valence-electron chi connectivity index (χ1n) is 12.7. The van der Waals surface area contributed by atoms with Crippen LogP contribution in [0.3, 0.4) is 0 Å². The number of hydrogen-bond acceptors (Lipinski definition) is 4. The number of nitrogens with one attached hydrogen (secondary N) is 1. The number of benzene rings is 3. The van der Waals surface area contributed by atoms with Gasteiger partial charge in [-0.3, -0.25) is 9.69 Å². The fraction of sp³-hybridized carbons (Fsp3) is 0.258. The van der Waals surface area contributed by atoms with Crippen LogP contribution in [0.5, 0.6) is 5.75 Å². The summed E-state index contributed by atoms with van der Waals surface area (Å²) in [6.07, 6.45) is 3.10. The van der Waals surface area contributed by atoms with Gasteiger partial charge in [0.1, 0.15) is 18.1 Å². The van der Waals surface area contributed by atoms with Crippen LogP contribution in [0.4, 0.5) is 0 Å². The first-order valence-corrected chi connectivity index (χ1v) is 12.7. The van der Waals surface area contributed by atoms with E-state index in [1.165, 1.54) is 22.3 Å². The summed E-state index contributed by atoms with van der Waals surface area (Å²) in [5, 5.41) is 2.96. The van der Waals surface area contributed by atoms with Crippen molar-refractivity contribution in [1.82, 2.24) is 10.2 Å². The lowest BCUT2D eigenvalue weighted by molar-refractivity contribution is 0.0919. The van der Waals surface area contributed by atoms with E-state index in [-0.39, 0.29) is 18.6 Å². The summed E-state index contributed by atoms with van der Waals surface area (Å²) in [5.74, 6) is 1.63. The van der Waals surface area contributed by atoms with Gasteiger partial charge in [0.25, 0.3) is 5.91 Å². The van der Waals surface area contributed by atoms with E-state index in [9.17, 15) is 4.79 Å². The number of amides is 1. The van der Waals surface area contributed by atoms with Crippen molar-refractivity contribution in [2.24, 2.45) is 0 Å². The molecule has 1 aliphatic carbocycles. The monoisotopic (exact) mass is 478 g/mol. The Morgan fingerprint density at radius 3 is 2.50 bits per heavy atom. The molecule has 2 aliphatic rings. The number of hydrogen-bond donors (Lipinski definition) is 1. The number of fused-ring (bicyclic) bond motifs is 1. The lowest BCUT2D eigenvalue weighted by Gasteiger charge is -2.38. The molecule has 0 bridgehead atoms. The minimum atomic E-state index is -0.151. The van der Waals surface area contributed by atoms with Crippen LogP contribution in [0.15, 0.2) is 95.4 Å². The minimum absolute atomic E-state index is 0.151. The third-order valence-electron chi connectivity index (χ3n) is 6.97. The van der Waals surface area contributed by atoms with Gasteiger partial charge >= 0.3 is 0 Å². The molecular weight excluding hydrogens is 448 g/mol. The number of nitrogens with zero attached hydrogens (tertiary/aromatic N) is 1. The van der Waals surface area contributed by atoms with Crippen molar-refractivity contribution in [2.75, 3.05) is 6.54 Å². The molecule has 6 rings (SSSR count). The van der Waals surface area contributed by atoms with Gasteiger partial charge in [0, 0.05) is 19.1 Å². The zero-order valence-electron chi connectivity index (χ0n) is 20.2. The highest BCUT2D eigenvalue weighted by atomic mass is 16.5. The van der Waals surface area contributed by atoms with Crippen LogP contribution in [0.2, 0.25) is 0 Å². The Labute approximate surface area is 211 Å². The highest BCUT2D eigenvalue weighted by Crippen LogP contribution is 2.38.